The number of nitrogens with one attached hydrogen (secondary N) is 1. The SMILES string of the molecule is O=C(Nc1ccccc1F)N1CCc2c(Br)cccc2C1. The Morgan fingerprint density at radius 3 is 2.81 bits per heavy atom. The first-order chi connectivity index (χ1) is 10.1. The van der Waals surface area contributed by atoms with Crippen molar-refractivity contribution in [2.75, 3.05) is 11.9 Å². The van der Waals surface area contributed by atoms with E-state index in [-0.39, 0.29) is 11.7 Å². The number of benzene rings is 2. The first kappa shape index (κ1) is 14.1. The summed E-state index contributed by atoms with van der Waals surface area (Å²) in [7, 11) is 0. The van der Waals surface area contributed by atoms with Crippen molar-refractivity contribution >= 4 is 27.6 Å². The highest BCUT2D eigenvalue weighted by Crippen LogP contribution is 2.26. The molecule has 1 heterocycles. The smallest absolute Gasteiger partial charge is 0.320 e. The maximum atomic E-state index is 13.6. The van der Waals surface area contributed by atoms with E-state index in [1.807, 2.05) is 18.2 Å². The number of urea groups is 1. The van der Waals surface area contributed by atoms with E-state index in [2.05, 4.69) is 21.2 Å². The van der Waals surface area contributed by atoms with E-state index < -0.39 is 5.82 Å². The third-order valence-electron chi connectivity index (χ3n) is 3.61. The zero-order chi connectivity index (χ0) is 14.8. The molecule has 2 amide bonds. The van der Waals surface area contributed by atoms with Crippen LogP contribution in [0.5, 0.6) is 0 Å². The summed E-state index contributed by atoms with van der Waals surface area (Å²) in [4.78, 5) is 13.9. The lowest BCUT2D eigenvalue weighted by Gasteiger charge is -2.29. The van der Waals surface area contributed by atoms with Gasteiger partial charge in [0.25, 0.3) is 0 Å². The fourth-order valence-electron chi connectivity index (χ4n) is 2.49. The van der Waals surface area contributed by atoms with Crippen molar-refractivity contribution in [1.82, 2.24) is 4.90 Å². The van der Waals surface area contributed by atoms with Gasteiger partial charge in [0, 0.05) is 17.6 Å². The molecule has 21 heavy (non-hydrogen) atoms. The fraction of sp³-hybridized carbons (Fsp3) is 0.188. The lowest BCUT2D eigenvalue weighted by Crippen LogP contribution is -2.39. The second kappa shape index (κ2) is 5.85. The Morgan fingerprint density at radius 1 is 1.19 bits per heavy atom. The predicted molar refractivity (Wildman–Crippen MR) is 83.7 cm³/mol. The van der Waals surface area contributed by atoms with Gasteiger partial charge in [-0.25, -0.2) is 9.18 Å². The van der Waals surface area contributed by atoms with Crippen LogP contribution in [0.15, 0.2) is 46.9 Å². The number of carbonyl (C=O) groups excluding carboxylic acids is 1. The van der Waals surface area contributed by atoms with E-state index in [1.165, 1.54) is 11.6 Å². The highest BCUT2D eigenvalue weighted by molar-refractivity contribution is 9.10. The summed E-state index contributed by atoms with van der Waals surface area (Å²) in [6.07, 6.45) is 0.793. The van der Waals surface area contributed by atoms with Crippen molar-refractivity contribution in [2.45, 2.75) is 13.0 Å². The summed E-state index contributed by atoms with van der Waals surface area (Å²) in [5.41, 5.74) is 2.58. The van der Waals surface area contributed by atoms with Gasteiger partial charge in [0.05, 0.1) is 5.69 Å². The van der Waals surface area contributed by atoms with Gasteiger partial charge < -0.3 is 10.2 Å². The summed E-state index contributed by atoms with van der Waals surface area (Å²) in [6.45, 7) is 1.16. The maximum Gasteiger partial charge on any atom is 0.322 e. The summed E-state index contributed by atoms with van der Waals surface area (Å²) in [5.74, 6) is -0.425. The summed E-state index contributed by atoms with van der Waals surface area (Å²) in [5, 5.41) is 2.63. The minimum absolute atomic E-state index is 0.211. The number of carbonyl (C=O) groups is 1. The highest BCUT2D eigenvalue weighted by atomic mass is 79.9. The number of rotatable bonds is 1. The molecule has 0 aromatic heterocycles. The van der Waals surface area contributed by atoms with Crippen LogP contribution in [0, 0.1) is 5.82 Å². The minimum Gasteiger partial charge on any atom is -0.320 e. The quantitative estimate of drug-likeness (QED) is 0.823. The van der Waals surface area contributed by atoms with E-state index in [4.69, 9.17) is 0 Å². The van der Waals surface area contributed by atoms with Gasteiger partial charge in [-0.2, -0.15) is 0 Å². The van der Waals surface area contributed by atoms with Crippen molar-refractivity contribution in [1.29, 1.82) is 0 Å². The van der Waals surface area contributed by atoms with Crippen LogP contribution in [-0.4, -0.2) is 17.5 Å². The van der Waals surface area contributed by atoms with Crippen molar-refractivity contribution in [3.05, 3.63) is 63.9 Å². The molecule has 5 heteroatoms. The second-order valence-electron chi connectivity index (χ2n) is 4.96. The number of hydrogen-bond donors (Lipinski definition) is 1. The van der Waals surface area contributed by atoms with E-state index in [9.17, 15) is 9.18 Å². The zero-order valence-corrected chi connectivity index (χ0v) is 12.9. The number of fused-ring (bicyclic) bond motifs is 1. The van der Waals surface area contributed by atoms with Crippen molar-refractivity contribution < 1.29 is 9.18 Å². The predicted octanol–water partition coefficient (Wildman–Crippen LogP) is 4.18. The maximum absolute atomic E-state index is 13.6. The van der Waals surface area contributed by atoms with Crippen LogP contribution in [-0.2, 0) is 13.0 Å². The van der Waals surface area contributed by atoms with Gasteiger partial charge >= 0.3 is 6.03 Å². The van der Waals surface area contributed by atoms with E-state index >= 15 is 0 Å². The minimum atomic E-state index is -0.425. The Bertz CT molecular complexity index is 690. The second-order valence-corrected chi connectivity index (χ2v) is 5.81. The van der Waals surface area contributed by atoms with Crippen LogP contribution in [0.25, 0.3) is 0 Å². The van der Waals surface area contributed by atoms with Crippen LogP contribution in [0.3, 0.4) is 0 Å². The van der Waals surface area contributed by atoms with Crippen LogP contribution in [0.4, 0.5) is 14.9 Å². The van der Waals surface area contributed by atoms with E-state index in [0.29, 0.717) is 13.1 Å². The molecule has 2 aromatic rings. The molecule has 1 aliphatic heterocycles. The van der Waals surface area contributed by atoms with Gasteiger partial charge in [-0.05, 0) is 35.7 Å². The molecule has 1 aliphatic rings. The number of hydrogen-bond acceptors (Lipinski definition) is 1. The molecule has 0 saturated carbocycles. The largest absolute Gasteiger partial charge is 0.322 e. The Balaban J connectivity index is 1.74. The average Bonchev–Trinajstić information content (AvgIpc) is 2.49. The molecule has 0 unspecified atom stereocenters. The third-order valence-corrected chi connectivity index (χ3v) is 4.35. The molecule has 0 bridgehead atoms. The third kappa shape index (κ3) is 2.93. The van der Waals surface area contributed by atoms with Crippen LogP contribution < -0.4 is 5.32 Å². The Labute approximate surface area is 130 Å². The summed E-state index contributed by atoms with van der Waals surface area (Å²) >= 11 is 3.53. The van der Waals surface area contributed by atoms with Gasteiger partial charge in [0.2, 0.25) is 0 Å². The molecule has 108 valence electrons. The molecule has 0 saturated heterocycles. The van der Waals surface area contributed by atoms with E-state index in [1.54, 1.807) is 23.1 Å². The number of anilines is 1. The highest BCUT2D eigenvalue weighted by Gasteiger charge is 2.22. The molecular weight excluding hydrogens is 335 g/mol. The molecule has 0 aliphatic carbocycles. The van der Waals surface area contributed by atoms with Gasteiger partial charge in [-0.15, -0.1) is 0 Å². The van der Waals surface area contributed by atoms with Gasteiger partial charge in [0.1, 0.15) is 5.82 Å². The number of halogens is 2. The number of nitrogens with zero attached hydrogens (tertiary/aromatic N) is 1. The molecule has 3 rings (SSSR count). The normalized spacial score (nSPS) is 13.7. The Morgan fingerprint density at radius 2 is 2.00 bits per heavy atom. The monoisotopic (exact) mass is 348 g/mol. The van der Waals surface area contributed by atoms with Crippen LogP contribution >= 0.6 is 15.9 Å². The molecule has 3 nitrogen and oxygen atoms in total. The van der Waals surface area contributed by atoms with Gasteiger partial charge in [-0.3, -0.25) is 0 Å². The topological polar surface area (TPSA) is 32.3 Å². The Hall–Kier alpha value is -1.88. The average molecular weight is 349 g/mol. The first-order valence-electron chi connectivity index (χ1n) is 6.72. The molecule has 0 radical (unpaired) electrons. The van der Waals surface area contributed by atoms with Gasteiger partial charge in [0.15, 0.2) is 0 Å². The Kier molecular flexibility index (Phi) is 3.92. The molecule has 0 spiro atoms. The van der Waals surface area contributed by atoms with Crippen molar-refractivity contribution in [2.24, 2.45) is 0 Å². The molecular formula is C16H14BrFN2O. The van der Waals surface area contributed by atoms with E-state index in [0.717, 1.165) is 16.5 Å². The van der Waals surface area contributed by atoms with Crippen molar-refractivity contribution in [3.8, 4) is 0 Å². The molecule has 0 fully saturated rings. The summed E-state index contributed by atoms with van der Waals surface area (Å²) < 4.78 is 14.6. The number of para-hydroxylation sites is 1. The lowest BCUT2D eigenvalue weighted by atomic mass is 10.0. The standard InChI is InChI=1S/C16H14BrFN2O/c17-13-5-3-4-11-10-20(9-8-12(11)13)16(21)19-15-7-2-1-6-14(15)18/h1-7H,8-10H2,(H,19,21). The van der Waals surface area contributed by atoms with Crippen LogP contribution in [0.2, 0.25) is 0 Å². The zero-order valence-electron chi connectivity index (χ0n) is 11.3. The first-order valence-corrected chi connectivity index (χ1v) is 7.51. The van der Waals surface area contributed by atoms with Gasteiger partial charge in [-0.1, -0.05) is 40.2 Å². The fourth-order valence-corrected chi connectivity index (χ4v) is 3.10. The van der Waals surface area contributed by atoms with Crippen molar-refractivity contribution in [3.63, 3.8) is 0 Å². The molecule has 2 aromatic carbocycles. The molecule has 1 N–H and O–H groups in total. The lowest BCUT2D eigenvalue weighted by molar-refractivity contribution is 0.206. The summed E-state index contributed by atoms with van der Waals surface area (Å²) in [6, 6.07) is 11.9. The number of amides is 2. The molecule has 0 atom stereocenters. The van der Waals surface area contributed by atoms with Crippen LogP contribution in [0.1, 0.15) is 11.1 Å².